The van der Waals surface area contributed by atoms with Crippen LogP contribution in [-0.4, -0.2) is 29.1 Å². The van der Waals surface area contributed by atoms with Crippen LogP contribution in [-0.2, 0) is 4.84 Å². The molecular weight excluding hydrogens is 469 g/mol. The summed E-state index contributed by atoms with van der Waals surface area (Å²) >= 11 is 11.8. The Morgan fingerprint density at radius 3 is 2.55 bits per heavy atom. The molecular formula is C22H15Cl2N5O4. The van der Waals surface area contributed by atoms with Gasteiger partial charge in [-0.05, 0) is 24.3 Å². The summed E-state index contributed by atoms with van der Waals surface area (Å²) < 4.78 is 0. The topological polar surface area (TPSA) is 118 Å². The van der Waals surface area contributed by atoms with Crippen molar-refractivity contribution < 1.29 is 14.6 Å². The zero-order valence-electron chi connectivity index (χ0n) is 16.8. The molecule has 1 heterocycles. The first-order valence-electron chi connectivity index (χ1n) is 9.56. The Bertz CT molecular complexity index is 1300. The Morgan fingerprint density at radius 1 is 1.03 bits per heavy atom. The van der Waals surface area contributed by atoms with Gasteiger partial charge in [0.05, 0.1) is 26.4 Å². The number of hydrogen-bond acceptors (Lipinski definition) is 7. The summed E-state index contributed by atoms with van der Waals surface area (Å²) in [4.78, 5) is 37.0. The average Bonchev–Trinajstić information content (AvgIpc) is 2.99. The number of carbonyl (C=O) groups excluding carboxylic acids is 1. The number of aliphatic imine (C=N–C) groups is 2. The van der Waals surface area contributed by atoms with Crippen molar-refractivity contribution in [3.63, 3.8) is 0 Å². The van der Waals surface area contributed by atoms with Crippen LogP contribution in [0.1, 0.15) is 11.1 Å². The fourth-order valence-corrected chi connectivity index (χ4v) is 3.36. The van der Waals surface area contributed by atoms with E-state index in [2.05, 4.69) is 20.8 Å². The number of nitro benzene ring substituents is 1. The number of anilines is 1. The number of nitro groups is 1. The van der Waals surface area contributed by atoms with Gasteiger partial charge >= 0.3 is 6.09 Å². The number of halogens is 2. The molecule has 0 saturated heterocycles. The maximum Gasteiger partial charge on any atom is 0.435 e. The van der Waals surface area contributed by atoms with Crippen LogP contribution in [0.25, 0.3) is 0 Å². The van der Waals surface area contributed by atoms with Gasteiger partial charge in [0.15, 0.2) is 5.84 Å². The van der Waals surface area contributed by atoms with Crippen molar-refractivity contribution in [1.82, 2.24) is 5.48 Å². The lowest BCUT2D eigenvalue weighted by molar-refractivity contribution is -0.384. The smallest absolute Gasteiger partial charge is 0.323 e. The molecule has 3 aromatic carbocycles. The van der Waals surface area contributed by atoms with E-state index >= 15 is 0 Å². The van der Waals surface area contributed by atoms with Crippen LogP contribution in [0, 0.1) is 10.1 Å². The Kier molecular flexibility index (Phi) is 6.53. The second-order valence-electron chi connectivity index (χ2n) is 6.79. The van der Waals surface area contributed by atoms with Gasteiger partial charge in [0.1, 0.15) is 6.54 Å². The van der Waals surface area contributed by atoms with Gasteiger partial charge in [-0.25, -0.2) is 15.3 Å². The molecule has 0 saturated carbocycles. The second-order valence-corrected chi connectivity index (χ2v) is 7.61. The minimum atomic E-state index is -0.809. The molecule has 0 unspecified atom stereocenters. The molecule has 9 nitrogen and oxygen atoms in total. The van der Waals surface area contributed by atoms with E-state index in [-0.39, 0.29) is 23.1 Å². The van der Waals surface area contributed by atoms with Crippen LogP contribution in [0.3, 0.4) is 0 Å². The normalized spacial score (nSPS) is 12.5. The predicted molar refractivity (Wildman–Crippen MR) is 127 cm³/mol. The van der Waals surface area contributed by atoms with Gasteiger partial charge in [-0.3, -0.25) is 20.4 Å². The SMILES string of the molecule is O=C(Nc1ccc(Cl)c(Cl)c1)ONC1=Nc2ccc([N+](=O)[O-])cc2C(c2ccccc2)=NC1. The van der Waals surface area contributed by atoms with E-state index < -0.39 is 11.0 Å². The molecule has 0 aromatic heterocycles. The number of amides is 1. The lowest BCUT2D eigenvalue weighted by Crippen LogP contribution is -2.31. The molecule has 0 atom stereocenters. The number of hydroxylamine groups is 1. The van der Waals surface area contributed by atoms with E-state index in [1.54, 1.807) is 6.07 Å². The van der Waals surface area contributed by atoms with Gasteiger partial charge in [-0.15, -0.1) is 0 Å². The van der Waals surface area contributed by atoms with Gasteiger partial charge in [0.25, 0.3) is 5.69 Å². The van der Waals surface area contributed by atoms with Crippen molar-refractivity contribution in [2.75, 3.05) is 11.9 Å². The molecule has 4 rings (SSSR count). The summed E-state index contributed by atoms with van der Waals surface area (Å²) in [5.41, 5.74) is 5.05. The summed E-state index contributed by atoms with van der Waals surface area (Å²) in [7, 11) is 0. The number of nitrogens with one attached hydrogen (secondary N) is 2. The van der Waals surface area contributed by atoms with E-state index in [9.17, 15) is 14.9 Å². The zero-order chi connectivity index (χ0) is 23.4. The molecule has 11 heteroatoms. The summed E-state index contributed by atoms with van der Waals surface area (Å²) in [6, 6.07) is 18.1. The molecule has 1 aliphatic heterocycles. The minimum Gasteiger partial charge on any atom is -0.323 e. The molecule has 1 aliphatic rings. The number of benzene rings is 3. The molecule has 166 valence electrons. The first-order valence-corrected chi connectivity index (χ1v) is 10.3. The van der Waals surface area contributed by atoms with Crippen molar-refractivity contribution in [3.8, 4) is 0 Å². The fourth-order valence-electron chi connectivity index (χ4n) is 3.07. The highest BCUT2D eigenvalue weighted by Crippen LogP contribution is 2.29. The van der Waals surface area contributed by atoms with Crippen LogP contribution in [0.15, 0.2) is 76.7 Å². The van der Waals surface area contributed by atoms with Crippen molar-refractivity contribution in [1.29, 1.82) is 0 Å². The van der Waals surface area contributed by atoms with Crippen molar-refractivity contribution in [2.45, 2.75) is 0 Å². The summed E-state index contributed by atoms with van der Waals surface area (Å²) in [6.45, 7) is 0.0484. The number of hydrogen-bond donors (Lipinski definition) is 2. The average molecular weight is 484 g/mol. The molecule has 0 bridgehead atoms. The largest absolute Gasteiger partial charge is 0.435 e. The van der Waals surface area contributed by atoms with Crippen LogP contribution < -0.4 is 10.8 Å². The number of rotatable bonds is 3. The van der Waals surface area contributed by atoms with Gasteiger partial charge in [0.2, 0.25) is 0 Å². The summed E-state index contributed by atoms with van der Waals surface area (Å²) in [5.74, 6) is 0.236. The Morgan fingerprint density at radius 2 is 1.82 bits per heavy atom. The van der Waals surface area contributed by atoms with E-state index in [1.807, 2.05) is 30.3 Å². The number of nitrogens with zero attached hydrogens (tertiary/aromatic N) is 3. The maximum atomic E-state index is 12.2. The molecule has 0 spiro atoms. The van der Waals surface area contributed by atoms with Crippen LogP contribution >= 0.6 is 23.2 Å². The van der Waals surface area contributed by atoms with Crippen molar-refractivity contribution in [2.24, 2.45) is 9.98 Å². The third-order valence-electron chi connectivity index (χ3n) is 4.56. The van der Waals surface area contributed by atoms with E-state index in [1.165, 1.54) is 30.3 Å². The highest BCUT2D eigenvalue weighted by atomic mass is 35.5. The highest BCUT2D eigenvalue weighted by Gasteiger charge is 2.20. The predicted octanol–water partition coefficient (Wildman–Crippen LogP) is 5.54. The van der Waals surface area contributed by atoms with Crippen molar-refractivity contribution in [3.05, 3.63) is 98.0 Å². The zero-order valence-corrected chi connectivity index (χ0v) is 18.3. The van der Waals surface area contributed by atoms with E-state index in [4.69, 9.17) is 28.0 Å². The Balaban J connectivity index is 1.56. The molecule has 2 N–H and O–H groups in total. The number of carbonyl (C=O) groups is 1. The molecule has 0 radical (unpaired) electrons. The van der Waals surface area contributed by atoms with Gasteiger partial charge in [0, 0.05) is 28.9 Å². The van der Waals surface area contributed by atoms with Crippen LogP contribution in [0.2, 0.25) is 10.0 Å². The highest BCUT2D eigenvalue weighted by molar-refractivity contribution is 6.42. The van der Waals surface area contributed by atoms with Crippen LogP contribution in [0.5, 0.6) is 0 Å². The number of fused-ring (bicyclic) bond motifs is 1. The third-order valence-corrected chi connectivity index (χ3v) is 5.30. The number of amidine groups is 1. The van der Waals surface area contributed by atoms with Gasteiger partial charge < -0.3 is 4.84 Å². The van der Waals surface area contributed by atoms with Crippen LogP contribution in [0.4, 0.5) is 21.9 Å². The van der Waals surface area contributed by atoms with Gasteiger partial charge in [-0.1, -0.05) is 53.5 Å². The summed E-state index contributed by atoms with van der Waals surface area (Å²) in [5, 5.41) is 14.4. The van der Waals surface area contributed by atoms with Crippen molar-refractivity contribution >= 4 is 57.9 Å². The maximum absolute atomic E-state index is 12.2. The Hall–Kier alpha value is -3.95. The molecule has 1 amide bonds. The van der Waals surface area contributed by atoms with E-state index in [0.29, 0.717) is 27.7 Å². The molecule has 3 aromatic rings. The minimum absolute atomic E-state index is 0.0484. The molecule has 0 aliphatic carbocycles. The van der Waals surface area contributed by atoms with Gasteiger partial charge in [-0.2, -0.15) is 0 Å². The first kappa shape index (κ1) is 22.3. The quantitative estimate of drug-likeness (QED) is 0.374. The van der Waals surface area contributed by atoms with E-state index in [0.717, 1.165) is 5.56 Å². The standard InChI is InChI=1S/C22H15Cl2N5O4/c23-17-8-6-14(10-18(17)24)26-22(30)33-28-20-12-25-21(13-4-2-1-3-5-13)16-11-15(29(31)32)7-9-19(16)27-20/h1-11H,12H2,(H,26,30)(H,27,28). The monoisotopic (exact) mass is 483 g/mol. The molecule has 0 fully saturated rings. The number of non-ortho nitro benzene ring substituents is 1. The lowest BCUT2D eigenvalue weighted by atomic mass is 10.00. The molecule has 33 heavy (non-hydrogen) atoms. The Labute approximate surface area is 197 Å². The summed E-state index contributed by atoms with van der Waals surface area (Å²) in [6.07, 6.45) is -0.809. The fraction of sp³-hybridized carbons (Fsp3) is 0.0455. The third kappa shape index (κ3) is 5.28. The lowest BCUT2D eigenvalue weighted by Gasteiger charge is -2.09. The second kappa shape index (κ2) is 9.68. The first-order chi connectivity index (χ1) is 15.9.